The van der Waals surface area contributed by atoms with Gasteiger partial charge in [-0.25, -0.2) is 0 Å². The quantitative estimate of drug-likeness (QED) is 0.843. The fraction of sp³-hybridized carbons (Fsp3) is 0.524. The zero-order valence-corrected chi connectivity index (χ0v) is 16.2. The first-order chi connectivity index (χ1) is 12.3. The summed E-state index contributed by atoms with van der Waals surface area (Å²) in [4.78, 5) is 2.48. The highest BCUT2D eigenvalue weighted by Gasteiger charge is 2.25. The van der Waals surface area contributed by atoms with Gasteiger partial charge in [0.05, 0.1) is 17.3 Å². The summed E-state index contributed by atoms with van der Waals surface area (Å²) >= 11 is 0. The number of likely N-dealkylation sites (tertiary alicyclic amines) is 1. The molecule has 0 amide bonds. The van der Waals surface area contributed by atoms with Crippen molar-refractivity contribution >= 4 is 0 Å². The van der Waals surface area contributed by atoms with E-state index in [0.29, 0.717) is 5.56 Å². The van der Waals surface area contributed by atoms with E-state index in [1.807, 2.05) is 29.9 Å². The number of aryl methyl sites for hydroxylation is 1. The Hall–Kier alpha value is -2.32. The van der Waals surface area contributed by atoms with Gasteiger partial charge in [0.15, 0.2) is 0 Å². The Morgan fingerprint density at radius 1 is 1.27 bits per heavy atom. The van der Waals surface area contributed by atoms with E-state index in [0.717, 1.165) is 38.2 Å². The van der Waals surface area contributed by atoms with Crippen molar-refractivity contribution < 1.29 is 4.74 Å². The van der Waals surface area contributed by atoms with Crippen LogP contribution in [0.25, 0.3) is 0 Å². The molecule has 1 aromatic heterocycles. The van der Waals surface area contributed by atoms with E-state index in [1.165, 1.54) is 11.3 Å². The van der Waals surface area contributed by atoms with Crippen molar-refractivity contribution in [2.24, 2.45) is 7.05 Å². The molecule has 1 aliphatic heterocycles. The Balaban J connectivity index is 1.57. The van der Waals surface area contributed by atoms with Gasteiger partial charge in [-0.15, -0.1) is 0 Å². The molecule has 0 saturated carbocycles. The van der Waals surface area contributed by atoms with Gasteiger partial charge in [0, 0.05) is 43.9 Å². The van der Waals surface area contributed by atoms with Crippen molar-refractivity contribution in [3.63, 3.8) is 0 Å². The Labute approximate surface area is 156 Å². The first-order valence-electron chi connectivity index (χ1n) is 9.27. The number of piperidine rings is 1. The molecule has 1 fully saturated rings. The predicted molar refractivity (Wildman–Crippen MR) is 102 cm³/mol. The maximum absolute atomic E-state index is 9.00. The van der Waals surface area contributed by atoms with Gasteiger partial charge in [-0.3, -0.25) is 9.58 Å². The van der Waals surface area contributed by atoms with E-state index >= 15 is 0 Å². The summed E-state index contributed by atoms with van der Waals surface area (Å²) in [6, 6.07) is 9.58. The van der Waals surface area contributed by atoms with Crippen LogP contribution >= 0.6 is 0 Å². The second kappa shape index (κ2) is 7.51. The average molecular weight is 352 g/mol. The van der Waals surface area contributed by atoms with E-state index in [9.17, 15) is 0 Å². The van der Waals surface area contributed by atoms with Crippen LogP contribution in [0.5, 0.6) is 5.75 Å². The topological polar surface area (TPSA) is 54.1 Å². The van der Waals surface area contributed by atoms with Gasteiger partial charge in [-0.1, -0.05) is 26.8 Å². The lowest BCUT2D eigenvalue weighted by Crippen LogP contribution is -2.38. The molecule has 26 heavy (non-hydrogen) atoms. The predicted octanol–water partition coefficient (Wildman–Crippen LogP) is 3.63. The minimum Gasteiger partial charge on any atom is -0.490 e. The van der Waals surface area contributed by atoms with Crippen LogP contribution in [0.15, 0.2) is 30.5 Å². The summed E-state index contributed by atoms with van der Waals surface area (Å²) in [5, 5.41) is 13.7. The standard InChI is InChI=1S/C21H28N4O/c1-21(2,3)20-17(14-24(4)23-20)15-25-10-8-18(9-11-25)26-19-7-5-6-16(12-19)13-22/h5-7,12,14,18H,8-11,15H2,1-4H3. The SMILES string of the molecule is Cn1cc(CN2CCC(Oc3cccc(C#N)c3)CC2)c(C(C)(C)C)n1. The van der Waals surface area contributed by atoms with Crippen LogP contribution in [0.1, 0.15) is 50.4 Å². The van der Waals surface area contributed by atoms with Crippen molar-refractivity contribution in [2.45, 2.75) is 51.7 Å². The summed E-state index contributed by atoms with van der Waals surface area (Å²) in [7, 11) is 1.99. The van der Waals surface area contributed by atoms with E-state index in [4.69, 9.17) is 10.00 Å². The van der Waals surface area contributed by atoms with E-state index in [-0.39, 0.29) is 11.5 Å². The first kappa shape index (κ1) is 18.5. The zero-order valence-electron chi connectivity index (χ0n) is 16.2. The van der Waals surface area contributed by atoms with Crippen LogP contribution in [-0.2, 0) is 19.0 Å². The molecule has 0 bridgehead atoms. The first-order valence-corrected chi connectivity index (χ1v) is 9.27. The van der Waals surface area contributed by atoms with E-state index < -0.39 is 0 Å². The fourth-order valence-corrected chi connectivity index (χ4v) is 3.54. The number of benzene rings is 1. The van der Waals surface area contributed by atoms with Gasteiger partial charge >= 0.3 is 0 Å². The minimum absolute atomic E-state index is 0.0593. The summed E-state index contributed by atoms with van der Waals surface area (Å²) in [6.07, 6.45) is 4.37. The molecule has 3 rings (SSSR count). The van der Waals surface area contributed by atoms with E-state index in [1.54, 1.807) is 6.07 Å². The maximum Gasteiger partial charge on any atom is 0.121 e. The summed E-state index contributed by atoms with van der Waals surface area (Å²) in [5.74, 6) is 0.796. The highest BCUT2D eigenvalue weighted by molar-refractivity contribution is 5.36. The number of aromatic nitrogens is 2. The normalized spacial score (nSPS) is 16.4. The number of hydrogen-bond acceptors (Lipinski definition) is 4. The molecule has 0 N–H and O–H groups in total. The van der Waals surface area contributed by atoms with Crippen LogP contribution in [0.2, 0.25) is 0 Å². The van der Waals surface area contributed by atoms with E-state index in [2.05, 4.69) is 43.0 Å². The third kappa shape index (κ3) is 4.44. The largest absolute Gasteiger partial charge is 0.490 e. The van der Waals surface area contributed by atoms with Crippen molar-refractivity contribution in [1.29, 1.82) is 5.26 Å². The fourth-order valence-electron chi connectivity index (χ4n) is 3.54. The van der Waals surface area contributed by atoms with Gasteiger partial charge in [0.2, 0.25) is 0 Å². The summed E-state index contributed by atoms with van der Waals surface area (Å²) in [6.45, 7) is 9.62. The zero-order chi connectivity index (χ0) is 18.7. The third-order valence-electron chi connectivity index (χ3n) is 4.81. The van der Waals surface area contributed by atoms with Gasteiger partial charge in [0.1, 0.15) is 11.9 Å². The molecular formula is C21H28N4O. The van der Waals surface area contributed by atoms with Crippen LogP contribution < -0.4 is 4.74 Å². The van der Waals surface area contributed by atoms with Crippen LogP contribution in [0, 0.1) is 11.3 Å². The molecule has 1 aliphatic rings. The number of nitriles is 1. The third-order valence-corrected chi connectivity index (χ3v) is 4.81. The molecule has 0 atom stereocenters. The highest BCUT2D eigenvalue weighted by Crippen LogP contribution is 2.26. The minimum atomic E-state index is 0.0593. The lowest BCUT2D eigenvalue weighted by atomic mass is 9.89. The molecule has 0 unspecified atom stereocenters. The molecule has 0 aliphatic carbocycles. The molecule has 0 radical (unpaired) electrons. The molecule has 2 heterocycles. The number of hydrogen-bond donors (Lipinski definition) is 0. The highest BCUT2D eigenvalue weighted by atomic mass is 16.5. The van der Waals surface area contributed by atoms with Crippen LogP contribution in [0.4, 0.5) is 0 Å². The maximum atomic E-state index is 9.00. The van der Waals surface area contributed by atoms with Crippen molar-refractivity contribution in [3.05, 3.63) is 47.3 Å². The molecule has 138 valence electrons. The molecule has 2 aromatic rings. The molecule has 5 nitrogen and oxygen atoms in total. The molecule has 1 saturated heterocycles. The Morgan fingerprint density at radius 3 is 2.65 bits per heavy atom. The lowest BCUT2D eigenvalue weighted by Gasteiger charge is -2.32. The van der Waals surface area contributed by atoms with Gasteiger partial charge < -0.3 is 4.74 Å². The number of nitrogens with zero attached hydrogens (tertiary/aromatic N) is 4. The Morgan fingerprint density at radius 2 is 2.00 bits per heavy atom. The van der Waals surface area contributed by atoms with Crippen LogP contribution in [0.3, 0.4) is 0 Å². The van der Waals surface area contributed by atoms with Crippen LogP contribution in [-0.4, -0.2) is 33.9 Å². The van der Waals surface area contributed by atoms with Gasteiger partial charge in [-0.05, 0) is 31.0 Å². The second-order valence-electron chi connectivity index (χ2n) is 8.16. The van der Waals surface area contributed by atoms with Crippen molar-refractivity contribution in [3.8, 4) is 11.8 Å². The monoisotopic (exact) mass is 352 g/mol. The molecular weight excluding hydrogens is 324 g/mol. The molecule has 1 aromatic carbocycles. The van der Waals surface area contributed by atoms with Crippen molar-refractivity contribution in [2.75, 3.05) is 13.1 Å². The van der Waals surface area contributed by atoms with Gasteiger partial charge in [0.25, 0.3) is 0 Å². The molecule has 5 heteroatoms. The summed E-state index contributed by atoms with van der Waals surface area (Å²) in [5.41, 5.74) is 3.21. The lowest BCUT2D eigenvalue weighted by molar-refractivity contribution is 0.0965. The Kier molecular flexibility index (Phi) is 5.33. The van der Waals surface area contributed by atoms with Crippen molar-refractivity contribution in [1.82, 2.24) is 14.7 Å². The van der Waals surface area contributed by atoms with Gasteiger partial charge in [-0.2, -0.15) is 10.4 Å². The Bertz CT molecular complexity index is 789. The summed E-state index contributed by atoms with van der Waals surface area (Å²) < 4.78 is 8.01. The average Bonchev–Trinajstić information content (AvgIpc) is 2.97. The number of rotatable bonds is 4. The smallest absolute Gasteiger partial charge is 0.121 e. The second-order valence-corrected chi connectivity index (χ2v) is 8.16. The molecule has 0 spiro atoms. The number of ether oxygens (including phenoxy) is 1.